The molecule has 0 unspecified atom stereocenters. The number of rotatable bonds is 7. The minimum absolute atomic E-state index is 0.0316. The Hall–Kier alpha value is -2.87. The van der Waals surface area contributed by atoms with Crippen LogP contribution < -0.4 is 10.7 Å². The lowest BCUT2D eigenvalue weighted by atomic mass is 10.1. The molecule has 0 aromatic heterocycles. The van der Waals surface area contributed by atoms with Gasteiger partial charge in [-0.05, 0) is 30.2 Å². The summed E-state index contributed by atoms with van der Waals surface area (Å²) in [5.41, 5.74) is 2.84. The predicted molar refractivity (Wildman–Crippen MR) is 106 cm³/mol. The van der Waals surface area contributed by atoms with Gasteiger partial charge in [-0.2, -0.15) is 18.3 Å². The molecule has 2 aromatic rings. The van der Waals surface area contributed by atoms with Crippen LogP contribution in [0, 0.1) is 0 Å². The van der Waals surface area contributed by atoms with Crippen molar-refractivity contribution < 1.29 is 22.8 Å². The predicted octanol–water partition coefficient (Wildman–Crippen LogP) is 5.01. The molecule has 0 heterocycles. The van der Waals surface area contributed by atoms with Gasteiger partial charge < -0.3 is 5.32 Å². The Kier molecular flexibility index (Phi) is 7.78. The normalized spacial score (nSPS) is 11.8. The number of amides is 2. The highest BCUT2D eigenvalue weighted by atomic mass is 35.5. The summed E-state index contributed by atoms with van der Waals surface area (Å²) in [6.45, 7) is 1.89. The Morgan fingerprint density at radius 3 is 2.31 bits per heavy atom. The van der Waals surface area contributed by atoms with E-state index in [1.807, 2.05) is 37.3 Å². The van der Waals surface area contributed by atoms with Crippen molar-refractivity contribution in [3.63, 3.8) is 0 Å². The van der Waals surface area contributed by atoms with E-state index in [1.165, 1.54) is 0 Å². The molecule has 0 aliphatic heterocycles. The molecular weight excluding hydrogens is 407 g/mol. The van der Waals surface area contributed by atoms with Gasteiger partial charge in [0.05, 0.1) is 22.0 Å². The molecule has 0 saturated carbocycles. The standard InChI is InChI=1S/C20H19ClF3N3O2/c1-2-16(13-6-4-3-5-7-13)26-27-19(29)11-10-18(28)25-17-12-14(20(22,23)24)8-9-15(17)21/h3-9,12H,2,10-11H2,1H3,(H,25,28)(H,27,29)/b26-16-. The first-order valence-corrected chi connectivity index (χ1v) is 9.16. The van der Waals surface area contributed by atoms with Gasteiger partial charge in [0.1, 0.15) is 0 Å². The number of hydrogen-bond acceptors (Lipinski definition) is 3. The number of hydrazone groups is 1. The third-order valence-electron chi connectivity index (χ3n) is 3.90. The van der Waals surface area contributed by atoms with Gasteiger partial charge >= 0.3 is 6.18 Å². The quantitative estimate of drug-likeness (QED) is 0.483. The first-order valence-electron chi connectivity index (χ1n) is 8.78. The summed E-state index contributed by atoms with van der Waals surface area (Å²) in [7, 11) is 0. The van der Waals surface area contributed by atoms with Crippen molar-refractivity contribution >= 4 is 34.8 Å². The fourth-order valence-electron chi connectivity index (χ4n) is 2.40. The third-order valence-corrected chi connectivity index (χ3v) is 4.23. The molecule has 2 rings (SSSR count). The Bertz CT molecular complexity index is 900. The van der Waals surface area contributed by atoms with Gasteiger partial charge in [-0.3, -0.25) is 9.59 Å². The molecule has 0 fully saturated rings. The number of hydrogen-bond donors (Lipinski definition) is 2. The SMILES string of the molecule is CC/C(=N/NC(=O)CCC(=O)Nc1cc(C(F)(F)F)ccc1Cl)c1ccccc1. The zero-order chi connectivity index (χ0) is 21.4. The summed E-state index contributed by atoms with van der Waals surface area (Å²) in [4.78, 5) is 23.9. The summed E-state index contributed by atoms with van der Waals surface area (Å²) in [5.74, 6) is -1.12. The number of carbonyl (C=O) groups is 2. The number of alkyl halides is 3. The van der Waals surface area contributed by atoms with E-state index in [0.29, 0.717) is 12.1 Å². The van der Waals surface area contributed by atoms with Crippen LogP contribution >= 0.6 is 11.6 Å². The zero-order valence-corrected chi connectivity index (χ0v) is 16.3. The van der Waals surface area contributed by atoms with E-state index in [-0.39, 0.29) is 23.6 Å². The summed E-state index contributed by atoms with van der Waals surface area (Å²) in [6.07, 6.45) is -4.38. The van der Waals surface area contributed by atoms with Crippen molar-refractivity contribution in [2.45, 2.75) is 32.4 Å². The average Bonchev–Trinajstić information content (AvgIpc) is 2.68. The molecule has 29 heavy (non-hydrogen) atoms. The number of benzene rings is 2. The first-order chi connectivity index (χ1) is 13.7. The Morgan fingerprint density at radius 1 is 1.03 bits per heavy atom. The molecular formula is C20H19ClF3N3O2. The smallest absolute Gasteiger partial charge is 0.325 e. The molecule has 2 aromatic carbocycles. The molecule has 5 nitrogen and oxygen atoms in total. The highest BCUT2D eigenvalue weighted by molar-refractivity contribution is 6.33. The van der Waals surface area contributed by atoms with Crippen LogP contribution in [0.25, 0.3) is 0 Å². The molecule has 0 radical (unpaired) electrons. The van der Waals surface area contributed by atoms with Crippen LogP contribution in [0.2, 0.25) is 5.02 Å². The van der Waals surface area contributed by atoms with Crippen LogP contribution in [-0.2, 0) is 15.8 Å². The maximum absolute atomic E-state index is 12.8. The minimum Gasteiger partial charge on any atom is -0.325 e. The zero-order valence-electron chi connectivity index (χ0n) is 15.5. The van der Waals surface area contributed by atoms with E-state index in [9.17, 15) is 22.8 Å². The van der Waals surface area contributed by atoms with Gasteiger partial charge in [0.15, 0.2) is 0 Å². The van der Waals surface area contributed by atoms with Gasteiger partial charge in [-0.1, -0.05) is 48.9 Å². The number of carbonyl (C=O) groups excluding carboxylic acids is 2. The van der Waals surface area contributed by atoms with Crippen LogP contribution in [0.3, 0.4) is 0 Å². The Morgan fingerprint density at radius 2 is 1.69 bits per heavy atom. The molecule has 0 atom stereocenters. The lowest BCUT2D eigenvalue weighted by molar-refractivity contribution is -0.137. The van der Waals surface area contributed by atoms with Crippen molar-refractivity contribution in [3.05, 3.63) is 64.7 Å². The third kappa shape index (κ3) is 6.90. The molecule has 0 bridgehead atoms. The summed E-state index contributed by atoms with van der Waals surface area (Å²) < 4.78 is 38.3. The van der Waals surface area contributed by atoms with Crippen LogP contribution in [0.15, 0.2) is 53.6 Å². The monoisotopic (exact) mass is 425 g/mol. The topological polar surface area (TPSA) is 70.6 Å². The molecule has 0 saturated heterocycles. The van der Waals surface area contributed by atoms with Crippen LogP contribution in [0.5, 0.6) is 0 Å². The molecule has 2 amide bonds. The van der Waals surface area contributed by atoms with Gasteiger partial charge in [-0.25, -0.2) is 5.43 Å². The number of halogens is 4. The van der Waals surface area contributed by atoms with E-state index in [2.05, 4.69) is 15.8 Å². The van der Waals surface area contributed by atoms with Gasteiger partial charge in [0.2, 0.25) is 11.8 Å². The molecule has 0 aliphatic rings. The van der Waals surface area contributed by atoms with Crippen LogP contribution in [0.4, 0.5) is 18.9 Å². The average molecular weight is 426 g/mol. The molecule has 0 aliphatic carbocycles. The summed E-state index contributed by atoms with van der Waals surface area (Å²) in [5, 5.41) is 6.33. The number of nitrogens with one attached hydrogen (secondary N) is 2. The lowest BCUT2D eigenvalue weighted by Gasteiger charge is -2.11. The second kappa shape index (κ2) is 10.1. The number of nitrogens with zero attached hydrogens (tertiary/aromatic N) is 1. The van der Waals surface area contributed by atoms with Crippen molar-refractivity contribution in [1.82, 2.24) is 5.43 Å². The van der Waals surface area contributed by atoms with Crippen molar-refractivity contribution in [3.8, 4) is 0 Å². The fourth-order valence-corrected chi connectivity index (χ4v) is 2.57. The maximum atomic E-state index is 12.8. The summed E-state index contributed by atoms with van der Waals surface area (Å²) >= 11 is 5.83. The van der Waals surface area contributed by atoms with Gasteiger partial charge in [0, 0.05) is 12.8 Å². The van der Waals surface area contributed by atoms with Crippen molar-refractivity contribution in [2.75, 3.05) is 5.32 Å². The molecule has 0 spiro atoms. The molecule has 154 valence electrons. The second-order valence-electron chi connectivity index (χ2n) is 6.05. The number of anilines is 1. The van der Waals surface area contributed by atoms with Crippen molar-refractivity contribution in [2.24, 2.45) is 5.10 Å². The van der Waals surface area contributed by atoms with E-state index >= 15 is 0 Å². The van der Waals surface area contributed by atoms with E-state index < -0.39 is 23.6 Å². The second-order valence-corrected chi connectivity index (χ2v) is 6.46. The van der Waals surface area contributed by atoms with Gasteiger partial charge in [-0.15, -0.1) is 0 Å². The van der Waals surface area contributed by atoms with Gasteiger partial charge in [0.25, 0.3) is 0 Å². The van der Waals surface area contributed by atoms with Crippen LogP contribution in [0.1, 0.15) is 37.3 Å². The highest BCUT2D eigenvalue weighted by Gasteiger charge is 2.31. The Balaban J connectivity index is 1.91. The van der Waals surface area contributed by atoms with Crippen molar-refractivity contribution in [1.29, 1.82) is 0 Å². The van der Waals surface area contributed by atoms with Crippen LogP contribution in [-0.4, -0.2) is 17.5 Å². The lowest BCUT2D eigenvalue weighted by Crippen LogP contribution is -2.22. The first kappa shape index (κ1) is 22.4. The molecule has 9 heteroatoms. The summed E-state index contributed by atoms with van der Waals surface area (Å²) in [6, 6.07) is 11.9. The van der Waals surface area contributed by atoms with E-state index in [1.54, 1.807) is 0 Å². The fraction of sp³-hybridized carbons (Fsp3) is 0.250. The highest BCUT2D eigenvalue weighted by Crippen LogP contribution is 2.33. The van der Waals surface area contributed by atoms with E-state index in [0.717, 1.165) is 23.8 Å². The molecule has 2 N–H and O–H groups in total. The largest absolute Gasteiger partial charge is 0.416 e. The van der Waals surface area contributed by atoms with E-state index in [4.69, 9.17) is 11.6 Å². The maximum Gasteiger partial charge on any atom is 0.416 e. The minimum atomic E-state index is -4.56. The Labute approximate surface area is 170 Å².